The average Bonchev–Trinajstić information content (AvgIpc) is 3.10. The van der Waals surface area contributed by atoms with Gasteiger partial charge in [-0.2, -0.15) is 13.2 Å². The van der Waals surface area contributed by atoms with Gasteiger partial charge in [0.15, 0.2) is 0 Å². The molecule has 3 rings (SSSR count). The molecular formula is C19H18BrF4N3O2S. The SMILES string of the molecule is NC(Cc1ccc(Br)s1)C(=O)N1CCN(C(=O)c2cc(F)ccc2C(F)(F)F)CC1. The monoisotopic (exact) mass is 507 g/mol. The lowest BCUT2D eigenvalue weighted by Crippen LogP contribution is -2.54. The zero-order valence-electron chi connectivity index (χ0n) is 15.6. The molecule has 1 aromatic heterocycles. The number of hydrogen-bond donors (Lipinski definition) is 1. The van der Waals surface area contributed by atoms with Crippen LogP contribution in [0.1, 0.15) is 20.8 Å². The summed E-state index contributed by atoms with van der Waals surface area (Å²) in [5.74, 6) is -2.12. The molecular weight excluding hydrogens is 490 g/mol. The van der Waals surface area contributed by atoms with Gasteiger partial charge in [0.2, 0.25) is 5.91 Å². The second-order valence-corrected chi connectivity index (χ2v) is 9.37. The number of nitrogens with two attached hydrogens (primary N) is 1. The van der Waals surface area contributed by atoms with Crippen LogP contribution in [0.15, 0.2) is 34.1 Å². The highest BCUT2D eigenvalue weighted by atomic mass is 79.9. The van der Waals surface area contributed by atoms with Crippen molar-refractivity contribution < 1.29 is 27.2 Å². The van der Waals surface area contributed by atoms with Crippen molar-refractivity contribution in [1.29, 1.82) is 0 Å². The Bertz CT molecular complexity index is 942. The summed E-state index contributed by atoms with van der Waals surface area (Å²) in [6.07, 6.45) is -4.41. The van der Waals surface area contributed by atoms with Crippen LogP contribution in [0.2, 0.25) is 0 Å². The molecule has 1 aromatic carbocycles. The Hall–Kier alpha value is -1.98. The molecule has 1 atom stereocenters. The summed E-state index contributed by atoms with van der Waals surface area (Å²) >= 11 is 4.82. The van der Waals surface area contributed by atoms with Gasteiger partial charge in [-0.25, -0.2) is 4.39 Å². The highest BCUT2D eigenvalue weighted by Crippen LogP contribution is 2.33. The van der Waals surface area contributed by atoms with Crippen LogP contribution in [0.25, 0.3) is 0 Å². The molecule has 0 radical (unpaired) electrons. The topological polar surface area (TPSA) is 66.6 Å². The molecule has 2 aromatic rings. The van der Waals surface area contributed by atoms with Gasteiger partial charge < -0.3 is 15.5 Å². The van der Waals surface area contributed by atoms with Gasteiger partial charge in [-0.3, -0.25) is 9.59 Å². The first-order chi connectivity index (χ1) is 14.1. The van der Waals surface area contributed by atoms with Crippen molar-refractivity contribution in [1.82, 2.24) is 9.80 Å². The molecule has 0 bridgehead atoms. The van der Waals surface area contributed by atoms with E-state index >= 15 is 0 Å². The predicted octanol–water partition coefficient (Wildman–Crippen LogP) is 3.52. The van der Waals surface area contributed by atoms with E-state index in [0.717, 1.165) is 8.66 Å². The van der Waals surface area contributed by atoms with Crippen molar-refractivity contribution in [2.75, 3.05) is 26.2 Å². The molecule has 1 fully saturated rings. The number of carbonyl (C=O) groups is 2. The molecule has 0 aliphatic carbocycles. The maximum Gasteiger partial charge on any atom is 0.417 e. The first kappa shape index (κ1) is 22.7. The van der Waals surface area contributed by atoms with E-state index in [2.05, 4.69) is 15.9 Å². The van der Waals surface area contributed by atoms with Crippen molar-refractivity contribution in [2.24, 2.45) is 5.73 Å². The third-order valence-corrected chi connectivity index (χ3v) is 6.41. The Morgan fingerprint density at radius 1 is 1.10 bits per heavy atom. The normalized spacial score (nSPS) is 15.9. The third-order valence-electron chi connectivity index (χ3n) is 4.76. The van der Waals surface area contributed by atoms with Crippen molar-refractivity contribution in [2.45, 2.75) is 18.6 Å². The minimum absolute atomic E-state index is 0.0374. The van der Waals surface area contributed by atoms with Crippen LogP contribution >= 0.6 is 27.3 Å². The zero-order valence-corrected chi connectivity index (χ0v) is 18.0. The highest BCUT2D eigenvalue weighted by Gasteiger charge is 2.37. The number of alkyl halides is 3. The van der Waals surface area contributed by atoms with Gasteiger partial charge in [0.1, 0.15) is 5.82 Å². The number of carbonyl (C=O) groups excluding carboxylic acids is 2. The molecule has 1 saturated heterocycles. The van der Waals surface area contributed by atoms with E-state index in [1.54, 1.807) is 0 Å². The summed E-state index contributed by atoms with van der Waals surface area (Å²) in [6.45, 7) is 0.359. The molecule has 1 aliphatic rings. The highest BCUT2D eigenvalue weighted by molar-refractivity contribution is 9.11. The largest absolute Gasteiger partial charge is 0.417 e. The van der Waals surface area contributed by atoms with E-state index in [1.807, 2.05) is 12.1 Å². The average molecular weight is 508 g/mol. The summed E-state index contributed by atoms with van der Waals surface area (Å²) in [5, 5.41) is 0. The summed E-state index contributed by atoms with van der Waals surface area (Å²) in [6, 6.07) is 4.81. The number of benzene rings is 1. The minimum Gasteiger partial charge on any atom is -0.338 e. The number of rotatable bonds is 4. The van der Waals surface area contributed by atoms with E-state index in [-0.39, 0.29) is 32.1 Å². The van der Waals surface area contributed by atoms with Crippen molar-refractivity contribution in [3.63, 3.8) is 0 Å². The van der Waals surface area contributed by atoms with E-state index in [0.29, 0.717) is 24.6 Å². The molecule has 1 aliphatic heterocycles. The molecule has 2 amide bonds. The maximum absolute atomic E-state index is 13.5. The molecule has 0 spiro atoms. The smallest absolute Gasteiger partial charge is 0.338 e. The fourth-order valence-corrected chi connectivity index (χ4v) is 4.78. The van der Waals surface area contributed by atoms with Crippen LogP contribution in [-0.4, -0.2) is 53.8 Å². The van der Waals surface area contributed by atoms with Crippen molar-refractivity contribution >= 4 is 39.1 Å². The van der Waals surface area contributed by atoms with Gasteiger partial charge >= 0.3 is 6.18 Å². The standard InChI is InChI=1S/C19H18BrF4N3O2S/c20-16-4-2-12(30-16)10-15(25)18(29)27-7-5-26(6-8-27)17(28)13-9-11(21)1-3-14(13)19(22,23)24/h1-4,9,15H,5-8,10,25H2. The van der Waals surface area contributed by atoms with Crippen LogP contribution < -0.4 is 5.73 Å². The molecule has 2 heterocycles. The number of amides is 2. The molecule has 5 nitrogen and oxygen atoms in total. The van der Waals surface area contributed by atoms with Gasteiger partial charge in [0, 0.05) is 37.5 Å². The van der Waals surface area contributed by atoms with Crippen LogP contribution in [-0.2, 0) is 17.4 Å². The Kier molecular flexibility index (Phi) is 6.83. The number of thiophene rings is 1. The Morgan fingerprint density at radius 2 is 1.73 bits per heavy atom. The maximum atomic E-state index is 13.5. The van der Waals surface area contributed by atoms with Crippen LogP contribution in [0.3, 0.4) is 0 Å². The molecule has 2 N–H and O–H groups in total. The fraction of sp³-hybridized carbons (Fsp3) is 0.368. The molecule has 11 heteroatoms. The van der Waals surface area contributed by atoms with E-state index in [4.69, 9.17) is 5.73 Å². The van der Waals surface area contributed by atoms with Crippen LogP contribution in [0, 0.1) is 5.82 Å². The van der Waals surface area contributed by atoms with Gasteiger partial charge in [-0.15, -0.1) is 11.3 Å². The summed E-state index contributed by atoms with van der Waals surface area (Å²) < 4.78 is 54.0. The van der Waals surface area contributed by atoms with Crippen molar-refractivity contribution in [3.05, 3.63) is 55.9 Å². The van der Waals surface area contributed by atoms with Gasteiger partial charge in [0.05, 0.1) is 21.0 Å². The number of halogens is 5. The quantitative estimate of drug-likeness (QED) is 0.643. The van der Waals surface area contributed by atoms with Gasteiger partial charge in [-0.05, 0) is 46.3 Å². The Labute approximate surface area is 182 Å². The fourth-order valence-electron chi connectivity index (χ4n) is 3.24. The zero-order chi connectivity index (χ0) is 22.1. The first-order valence-electron chi connectivity index (χ1n) is 9.01. The molecule has 162 valence electrons. The lowest BCUT2D eigenvalue weighted by molar-refractivity contribution is -0.138. The predicted molar refractivity (Wildman–Crippen MR) is 108 cm³/mol. The van der Waals surface area contributed by atoms with E-state index in [9.17, 15) is 27.2 Å². The van der Waals surface area contributed by atoms with Crippen LogP contribution in [0.5, 0.6) is 0 Å². The number of piperazine rings is 1. The van der Waals surface area contributed by atoms with Crippen molar-refractivity contribution in [3.8, 4) is 0 Å². The number of nitrogens with zero attached hydrogens (tertiary/aromatic N) is 2. The van der Waals surface area contributed by atoms with Gasteiger partial charge in [-0.1, -0.05) is 0 Å². The van der Waals surface area contributed by atoms with E-state index < -0.39 is 35.1 Å². The second-order valence-electron chi connectivity index (χ2n) is 6.82. The molecule has 30 heavy (non-hydrogen) atoms. The number of hydrogen-bond acceptors (Lipinski definition) is 4. The third kappa shape index (κ3) is 5.19. The summed E-state index contributed by atoms with van der Waals surface area (Å²) in [7, 11) is 0. The van der Waals surface area contributed by atoms with Crippen LogP contribution in [0.4, 0.5) is 17.6 Å². The molecule has 1 unspecified atom stereocenters. The van der Waals surface area contributed by atoms with Gasteiger partial charge in [0.25, 0.3) is 5.91 Å². The summed E-state index contributed by atoms with van der Waals surface area (Å²) in [4.78, 5) is 28.8. The molecule has 0 saturated carbocycles. The minimum atomic E-state index is -4.78. The Morgan fingerprint density at radius 3 is 2.30 bits per heavy atom. The second kappa shape index (κ2) is 9.03. The first-order valence-corrected chi connectivity index (χ1v) is 10.6. The summed E-state index contributed by atoms with van der Waals surface area (Å²) in [5.41, 5.74) is 4.09. The lowest BCUT2D eigenvalue weighted by Gasteiger charge is -2.36. The lowest BCUT2D eigenvalue weighted by atomic mass is 10.0. The van der Waals surface area contributed by atoms with E-state index in [1.165, 1.54) is 21.1 Å². The Balaban J connectivity index is 1.63.